The van der Waals surface area contributed by atoms with Gasteiger partial charge in [0.15, 0.2) is 0 Å². The van der Waals surface area contributed by atoms with Crippen LogP contribution in [0.5, 0.6) is 0 Å². The van der Waals surface area contributed by atoms with Crippen LogP contribution < -0.4 is 10.0 Å². The van der Waals surface area contributed by atoms with E-state index >= 15 is 0 Å². The Morgan fingerprint density at radius 2 is 1.90 bits per heavy atom. The molecule has 1 aromatic carbocycles. The SMILES string of the molecule is CCNc1ccccc1S(=O)(=O)NCC(C)(C)CCOC. The average Bonchev–Trinajstić information content (AvgIpc) is 2.44. The minimum atomic E-state index is -3.52. The van der Waals surface area contributed by atoms with E-state index in [-0.39, 0.29) is 10.3 Å². The van der Waals surface area contributed by atoms with Crippen molar-refractivity contribution in [2.45, 2.75) is 32.1 Å². The maximum atomic E-state index is 12.5. The van der Waals surface area contributed by atoms with Crippen LogP contribution in [-0.4, -0.2) is 35.2 Å². The highest BCUT2D eigenvalue weighted by Crippen LogP contribution is 2.23. The van der Waals surface area contributed by atoms with Crippen LogP contribution in [0.25, 0.3) is 0 Å². The lowest BCUT2D eigenvalue weighted by Crippen LogP contribution is -2.35. The lowest BCUT2D eigenvalue weighted by atomic mass is 9.90. The zero-order chi connectivity index (χ0) is 15.9. The van der Waals surface area contributed by atoms with E-state index in [0.717, 1.165) is 6.42 Å². The zero-order valence-electron chi connectivity index (χ0n) is 13.3. The van der Waals surface area contributed by atoms with Gasteiger partial charge in [0.25, 0.3) is 0 Å². The van der Waals surface area contributed by atoms with Crippen molar-refractivity contribution in [3.05, 3.63) is 24.3 Å². The van der Waals surface area contributed by atoms with Crippen molar-refractivity contribution in [1.82, 2.24) is 4.72 Å². The molecule has 21 heavy (non-hydrogen) atoms. The number of nitrogens with one attached hydrogen (secondary N) is 2. The summed E-state index contributed by atoms with van der Waals surface area (Å²) < 4.78 is 32.7. The summed E-state index contributed by atoms with van der Waals surface area (Å²) in [6, 6.07) is 6.93. The third kappa shape index (κ3) is 5.65. The van der Waals surface area contributed by atoms with Crippen LogP contribution in [0.15, 0.2) is 29.2 Å². The van der Waals surface area contributed by atoms with E-state index in [1.54, 1.807) is 25.3 Å². The minimum absolute atomic E-state index is 0.157. The molecule has 2 N–H and O–H groups in total. The number of para-hydroxylation sites is 1. The Kier molecular flexibility index (Phi) is 6.64. The topological polar surface area (TPSA) is 67.4 Å². The summed E-state index contributed by atoms with van der Waals surface area (Å²) >= 11 is 0. The number of hydrogen-bond donors (Lipinski definition) is 2. The van der Waals surface area contributed by atoms with Gasteiger partial charge >= 0.3 is 0 Å². The van der Waals surface area contributed by atoms with Crippen molar-refractivity contribution in [2.75, 3.05) is 32.1 Å². The molecule has 0 aliphatic rings. The first-order valence-electron chi connectivity index (χ1n) is 7.14. The molecule has 1 rings (SSSR count). The van der Waals surface area contributed by atoms with Gasteiger partial charge in [0.2, 0.25) is 10.0 Å². The van der Waals surface area contributed by atoms with Crippen LogP contribution >= 0.6 is 0 Å². The third-order valence-electron chi connectivity index (χ3n) is 3.27. The van der Waals surface area contributed by atoms with E-state index < -0.39 is 10.0 Å². The van der Waals surface area contributed by atoms with Crippen LogP contribution in [0.4, 0.5) is 5.69 Å². The Hall–Kier alpha value is -1.11. The first-order chi connectivity index (χ1) is 9.82. The average molecular weight is 314 g/mol. The van der Waals surface area contributed by atoms with Gasteiger partial charge in [-0.25, -0.2) is 13.1 Å². The molecule has 0 saturated heterocycles. The molecular weight excluding hydrogens is 288 g/mol. The number of anilines is 1. The van der Waals surface area contributed by atoms with Crippen molar-refractivity contribution < 1.29 is 13.2 Å². The lowest BCUT2D eigenvalue weighted by Gasteiger charge is -2.24. The van der Waals surface area contributed by atoms with Gasteiger partial charge in [-0.1, -0.05) is 26.0 Å². The second kappa shape index (κ2) is 7.77. The summed E-state index contributed by atoms with van der Waals surface area (Å²) in [4.78, 5) is 0.286. The molecule has 1 aromatic rings. The standard InChI is InChI=1S/C15H26N2O3S/c1-5-16-13-8-6-7-9-14(13)21(18,19)17-12-15(2,3)10-11-20-4/h6-9,16-17H,5,10-12H2,1-4H3. The Labute approximate surface area is 128 Å². The minimum Gasteiger partial charge on any atom is -0.385 e. The molecule has 0 spiro atoms. The normalized spacial score (nSPS) is 12.4. The van der Waals surface area contributed by atoms with E-state index in [1.807, 2.05) is 26.8 Å². The van der Waals surface area contributed by atoms with Gasteiger partial charge in [0.1, 0.15) is 4.90 Å². The van der Waals surface area contributed by atoms with E-state index in [9.17, 15) is 8.42 Å². The molecule has 120 valence electrons. The van der Waals surface area contributed by atoms with E-state index in [4.69, 9.17) is 4.74 Å². The molecule has 0 unspecified atom stereocenters. The van der Waals surface area contributed by atoms with Gasteiger partial charge in [-0.3, -0.25) is 0 Å². The fourth-order valence-electron chi connectivity index (χ4n) is 1.87. The van der Waals surface area contributed by atoms with Gasteiger partial charge in [0, 0.05) is 26.8 Å². The summed E-state index contributed by atoms with van der Waals surface area (Å²) in [6.07, 6.45) is 0.793. The first kappa shape index (κ1) is 17.9. The summed E-state index contributed by atoms with van der Waals surface area (Å²) in [7, 11) is -1.88. The highest BCUT2D eigenvalue weighted by Gasteiger charge is 2.23. The first-order valence-corrected chi connectivity index (χ1v) is 8.62. The zero-order valence-corrected chi connectivity index (χ0v) is 14.1. The molecule has 0 atom stereocenters. The number of rotatable bonds is 9. The van der Waals surface area contributed by atoms with Crippen molar-refractivity contribution in [3.8, 4) is 0 Å². The molecule has 0 radical (unpaired) electrons. The second-order valence-corrected chi connectivity index (χ2v) is 7.49. The second-order valence-electron chi connectivity index (χ2n) is 5.76. The Balaban J connectivity index is 2.83. The maximum absolute atomic E-state index is 12.5. The molecule has 0 bridgehead atoms. The van der Waals surface area contributed by atoms with Crippen molar-refractivity contribution in [1.29, 1.82) is 0 Å². The smallest absolute Gasteiger partial charge is 0.242 e. The fourth-order valence-corrected chi connectivity index (χ4v) is 3.30. The highest BCUT2D eigenvalue weighted by atomic mass is 32.2. The van der Waals surface area contributed by atoms with Gasteiger partial charge in [0.05, 0.1) is 5.69 Å². The number of benzene rings is 1. The van der Waals surface area contributed by atoms with Crippen LogP contribution in [0.3, 0.4) is 0 Å². The highest BCUT2D eigenvalue weighted by molar-refractivity contribution is 7.89. The summed E-state index contributed by atoms with van der Waals surface area (Å²) in [6.45, 7) is 7.63. The number of sulfonamides is 1. The van der Waals surface area contributed by atoms with E-state index in [1.165, 1.54) is 0 Å². The van der Waals surface area contributed by atoms with Crippen molar-refractivity contribution in [3.63, 3.8) is 0 Å². The molecule has 0 saturated carbocycles. The van der Waals surface area contributed by atoms with Gasteiger partial charge in [-0.05, 0) is 30.9 Å². The van der Waals surface area contributed by atoms with Crippen molar-refractivity contribution >= 4 is 15.7 Å². The van der Waals surface area contributed by atoms with Crippen LogP contribution in [0, 0.1) is 5.41 Å². The summed E-state index contributed by atoms with van der Waals surface area (Å²) in [5, 5.41) is 3.07. The third-order valence-corrected chi connectivity index (χ3v) is 4.73. The molecule has 0 heterocycles. The largest absolute Gasteiger partial charge is 0.385 e. The lowest BCUT2D eigenvalue weighted by molar-refractivity contribution is 0.153. The molecule has 6 heteroatoms. The van der Waals surface area contributed by atoms with Gasteiger partial charge in [-0.2, -0.15) is 0 Å². The van der Waals surface area contributed by atoms with Crippen molar-refractivity contribution in [2.24, 2.45) is 5.41 Å². The van der Waals surface area contributed by atoms with Gasteiger partial charge in [-0.15, -0.1) is 0 Å². The predicted octanol–water partition coefficient (Wildman–Crippen LogP) is 2.46. The molecule has 5 nitrogen and oxygen atoms in total. The number of hydrogen-bond acceptors (Lipinski definition) is 4. The monoisotopic (exact) mass is 314 g/mol. The maximum Gasteiger partial charge on any atom is 0.242 e. The number of methoxy groups -OCH3 is 1. The van der Waals surface area contributed by atoms with Crippen LogP contribution in [0.1, 0.15) is 27.2 Å². The van der Waals surface area contributed by atoms with E-state index in [0.29, 0.717) is 25.4 Å². The van der Waals surface area contributed by atoms with E-state index in [2.05, 4.69) is 10.0 Å². The Morgan fingerprint density at radius 3 is 2.52 bits per heavy atom. The van der Waals surface area contributed by atoms with Crippen LogP contribution in [0.2, 0.25) is 0 Å². The molecule has 0 aromatic heterocycles. The molecule has 0 amide bonds. The predicted molar refractivity (Wildman–Crippen MR) is 86.1 cm³/mol. The summed E-state index contributed by atoms with van der Waals surface area (Å²) in [5.74, 6) is 0. The van der Waals surface area contributed by atoms with Gasteiger partial charge < -0.3 is 10.1 Å². The fraction of sp³-hybridized carbons (Fsp3) is 0.600. The number of ether oxygens (including phenoxy) is 1. The molecule has 0 aliphatic heterocycles. The molecule has 0 fully saturated rings. The Bertz CT molecular complexity index is 542. The Morgan fingerprint density at radius 1 is 1.24 bits per heavy atom. The summed E-state index contributed by atoms with van der Waals surface area (Å²) in [5.41, 5.74) is 0.470. The quantitative estimate of drug-likeness (QED) is 0.735. The van der Waals surface area contributed by atoms with Crippen LogP contribution in [-0.2, 0) is 14.8 Å². The molecule has 0 aliphatic carbocycles. The molecular formula is C15H26N2O3S.